The van der Waals surface area contributed by atoms with Crippen molar-refractivity contribution in [2.75, 3.05) is 12.8 Å². The Bertz CT molecular complexity index is 891. The number of anilines is 1. The number of aromatic nitrogens is 3. The van der Waals surface area contributed by atoms with E-state index in [-0.39, 0.29) is 11.9 Å². The SMILES string of the molecule is COc1c(N)ccnc1-c1ccc(C(=O)N[C@H](C)CCn2cccn2)cc1. The van der Waals surface area contributed by atoms with Crippen molar-refractivity contribution in [3.8, 4) is 17.0 Å². The van der Waals surface area contributed by atoms with Crippen molar-refractivity contribution in [1.29, 1.82) is 0 Å². The number of rotatable bonds is 7. The van der Waals surface area contributed by atoms with E-state index in [4.69, 9.17) is 10.5 Å². The number of carbonyl (C=O) groups is 1. The number of nitrogens with zero attached hydrogens (tertiary/aromatic N) is 3. The van der Waals surface area contributed by atoms with E-state index in [0.29, 0.717) is 22.7 Å². The summed E-state index contributed by atoms with van der Waals surface area (Å²) in [5.74, 6) is 0.420. The van der Waals surface area contributed by atoms with Crippen molar-refractivity contribution in [3.63, 3.8) is 0 Å². The van der Waals surface area contributed by atoms with Crippen molar-refractivity contribution in [2.24, 2.45) is 0 Å². The van der Waals surface area contributed by atoms with Crippen molar-refractivity contribution in [1.82, 2.24) is 20.1 Å². The number of nitrogens with two attached hydrogens (primary N) is 1. The lowest BCUT2D eigenvalue weighted by Gasteiger charge is -2.14. The minimum Gasteiger partial charge on any atom is -0.492 e. The second kappa shape index (κ2) is 8.35. The molecular formula is C20H23N5O2. The maximum absolute atomic E-state index is 12.4. The van der Waals surface area contributed by atoms with Crippen LogP contribution in [0.4, 0.5) is 5.69 Å². The van der Waals surface area contributed by atoms with Gasteiger partial charge in [0.2, 0.25) is 0 Å². The highest BCUT2D eigenvalue weighted by Gasteiger charge is 2.13. The monoisotopic (exact) mass is 365 g/mol. The summed E-state index contributed by atoms with van der Waals surface area (Å²) in [6.45, 7) is 2.74. The Morgan fingerprint density at radius 1 is 1.26 bits per heavy atom. The van der Waals surface area contributed by atoms with Gasteiger partial charge >= 0.3 is 0 Å². The molecule has 0 radical (unpaired) electrons. The number of amides is 1. The van der Waals surface area contributed by atoms with E-state index in [0.717, 1.165) is 18.5 Å². The van der Waals surface area contributed by atoms with Crippen LogP contribution in [0.15, 0.2) is 55.0 Å². The molecule has 1 aromatic carbocycles. The van der Waals surface area contributed by atoms with Gasteiger partial charge in [-0.1, -0.05) is 12.1 Å². The molecule has 27 heavy (non-hydrogen) atoms. The van der Waals surface area contributed by atoms with E-state index in [1.54, 1.807) is 37.7 Å². The van der Waals surface area contributed by atoms with Crippen LogP contribution >= 0.6 is 0 Å². The lowest BCUT2D eigenvalue weighted by Crippen LogP contribution is -2.33. The largest absolute Gasteiger partial charge is 0.492 e. The molecule has 0 unspecified atom stereocenters. The molecule has 0 aliphatic heterocycles. The molecule has 3 rings (SSSR count). The number of aryl methyl sites for hydroxylation is 1. The third kappa shape index (κ3) is 4.44. The fourth-order valence-corrected chi connectivity index (χ4v) is 2.80. The molecule has 7 heteroatoms. The molecule has 0 aliphatic carbocycles. The Balaban J connectivity index is 1.64. The maximum Gasteiger partial charge on any atom is 0.251 e. The number of carbonyl (C=O) groups excluding carboxylic acids is 1. The van der Waals surface area contributed by atoms with Gasteiger partial charge in [0, 0.05) is 42.3 Å². The maximum atomic E-state index is 12.4. The van der Waals surface area contributed by atoms with Gasteiger partial charge in [0.1, 0.15) is 5.69 Å². The summed E-state index contributed by atoms with van der Waals surface area (Å²) >= 11 is 0. The standard InChI is InChI=1S/C20H23N5O2/c1-14(9-13-25-12-3-10-23-25)24-20(26)16-6-4-15(5-7-16)18-19(27-2)17(21)8-11-22-18/h3-8,10-12,14H,9,13H2,1-2H3,(H2,21,22)(H,24,26)/t14-/m1/s1. The van der Waals surface area contributed by atoms with Crippen LogP contribution in [0, 0.1) is 0 Å². The van der Waals surface area contributed by atoms with Gasteiger partial charge in [-0.05, 0) is 37.6 Å². The molecular weight excluding hydrogens is 342 g/mol. The molecule has 0 aliphatic rings. The third-order valence-electron chi connectivity index (χ3n) is 4.29. The molecule has 0 saturated carbocycles. The van der Waals surface area contributed by atoms with Gasteiger partial charge in [-0.15, -0.1) is 0 Å². The number of ether oxygens (including phenoxy) is 1. The molecule has 0 bridgehead atoms. The number of hydrogen-bond donors (Lipinski definition) is 2. The van der Waals surface area contributed by atoms with Crippen LogP contribution in [-0.4, -0.2) is 33.8 Å². The van der Waals surface area contributed by atoms with E-state index in [1.807, 2.05) is 36.0 Å². The summed E-state index contributed by atoms with van der Waals surface area (Å²) < 4.78 is 7.20. The zero-order valence-corrected chi connectivity index (χ0v) is 15.4. The average Bonchev–Trinajstić information content (AvgIpc) is 3.20. The van der Waals surface area contributed by atoms with Crippen molar-refractivity contribution >= 4 is 11.6 Å². The summed E-state index contributed by atoms with van der Waals surface area (Å²) in [7, 11) is 1.56. The minimum atomic E-state index is -0.109. The molecule has 2 aromatic heterocycles. The van der Waals surface area contributed by atoms with E-state index in [9.17, 15) is 4.79 Å². The van der Waals surface area contributed by atoms with Gasteiger partial charge in [-0.2, -0.15) is 5.10 Å². The van der Waals surface area contributed by atoms with Crippen molar-refractivity contribution in [3.05, 3.63) is 60.6 Å². The Labute approximate surface area is 158 Å². The number of pyridine rings is 1. The Morgan fingerprint density at radius 3 is 2.70 bits per heavy atom. The molecule has 0 saturated heterocycles. The molecule has 0 spiro atoms. The lowest BCUT2D eigenvalue weighted by atomic mass is 10.1. The molecule has 7 nitrogen and oxygen atoms in total. The van der Waals surface area contributed by atoms with Gasteiger partial charge in [-0.25, -0.2) is 0 Å². The first kappa shape index (κ1) is 18.4. The predicted molar refractivity (Wildman–Crippen MR) is 104 cm³/mol. The van der Waals surface area contributed by atoms with Gasteiger partial charge in [-0.3, -0.25) is 14.5 Å². The second-order valence-corrected chi connectivity index (χ2v) is 6.29. The normalized spacial score (nSPS) is 11.8. The lowest BCUT2D eigenvalue weighted by molar-refractivity contribution is 0.0937. The van der Waals surface area contributed by atoms with E-state index >= 15 is 0 Å². The second-order valence-electron chi connectivity index (χ2n) is 6.29. The van der Waals surface area contributed by atoms with Crippen LogP contribution < -0.4 is 15.8 Å². The summed E-state index contributed by atoms with van der Waals surface area (Å²) in [6.07, 6.45) is 6.09. The summed E-state index contributed by atoms with van der Waals surface area (Å²) in [5, 5.41) is 7.17. The first-order valence-corrected chi connectivity index (χ1v) is 8.75. The quantitative estimate of drug-likeness (QED) is 0.671. The Kier molecular flexibility index (Phi) is 5.71. The zero-order chi connectivity index (χ0) is 19.2. The predicted octanol–water partition coefficient (Wildman–Crippen LogP) is 2.74. The summed E-state index contributed by atoms with van der Waals surface area (Å²) in [5.41, 5.74) is 8.53. The highest BCUT2D eigenvalue weighted by atomic mass is 16.5. The molecule has 1 amide bonds. The van der Waals surface area contributed by atoms with Crippen LogP contribution in [0.3, 0.4) is 0 Å². The molecule has 0 fully saturated rings. The molecule has 3 N–H and O–H groups in total. The number of nitrogens with one attached hydrogen (secondary N) is 1. The first-order chi connectivity index (χ1) is 13.1. The molecule has 1 atom stereocenters. The highest BCUT2D eigenvalue weighted by molar-refractivity contribution is 5.95. The van der Waals surface area contributed by atoms with Crippen LogP contribution in [0.25, 0.3) is 11.3 Å². The van der Waals surface area contributed by atoms with Crippen molar-refractivity contribution < 1.29 is 9.53 Å². The van der Waals surface area contributed by atoms with Crippen LogP contribution in [0.2, 0.25) is 0 Å². The zero-order valence-electron chi connectivity index (χ0n) is 15.4. The number of benzene rings is 1. The van der Waals surface area contributed by atoms with Gasteiger partial charge < -0.3 is 15.8 Å². The van der Waals surface area contributed by atoms with E-state index in [2.05, 4.69) is 15.4 Å². The Morgan fingerprint density at radius 2 is 2.04 bits per heavy atom. The van der Waals surface area contributed by atoms with Crippen molar-refractivity contribution in [2.45, 2.75) is 25.9 Å². The van der Waals surface area contributed by atoms with Crippen LogP contribution in [-0.2, 0) is 6.54 Å². The molecule has 140 valence electrons. The smallest absolute Gasteiger partial charge is 0.251 e. The number of nitrogen functional groups attached to an aromatic ring is 1. The van der Waals surface area contributed by atoms with E-state index in [1.165, 1.54) is 0 Å². The highest BCUT2D eigenvalue weighted by Crippen LogP contribution is 2.32. The van der Waals surface area contributed by atoms with Gasteiger partial charge in [0.15, 0.2) is 5.75 Å². The topological polar surface area (TPSA) is 95.1 Å². The molecule has 3 aromatic rings. The van der Waals surface area contributed by atoms with Crippen LogP contribution in [0.1, 0.15) is 23.7 Å². The fraction of sp³-hybridized carbons (Fsp3) is 0.250. The average molecular weight is 365 g/mol. The first-order valence-electron chi connectivity index (χ1n) is 8.75. The van der Waals surface area contributed by atoms with Gasteiger partial charge in [0.05, 0.1) is 12.8 Å². The summed E-state index contributed by atoms with van der Waals surface area (Å²) in [4.78, 5) is 16.8. The number of hydrogen-bond acceptors (Lipinski definition) is 5. The number of methoxy groups -OCH3 is 1. The molecule has 2 heterocycles. The third-order valence-corrected chi connectivity index (χ3v) is 4.29. The minimum absolute atomic E-state index is 0.0389. The summed E-state index contributed by atoms with van der Waals surface area (Å²) in [6, 6.07) is 10.8. The fourth-order valence-electron chi connectivity index (χ4n) is 2.80. The van der Waals surface area contributed by atoms with Crippen LogP contribution in [0.5, 0.6) is 5.75 Å². The van der Waals surface area contributed by atoms with E-state index < -0.39 is 0 Å². The Hall–Kier alpha value is -3.35. The van der Waals surface area contributed by atoms with Gasteiger partial charge in [0.25, 0.3) is 5.91 Å².